The molecule has 0 atom stereocenters. The standard InChI is InChI=1S/C23H30N2O6S/c1-17(2)31-16-19-6-3-5-18(13-19)15-24-23(26)9-10-25-32(27,28)20-7-8-21-22(14-20)30-12-4-11-29-21/h3,5-8,13-14,17,25H,4,9-12,15-16H2,1-2H3,(H,24,26). The van der Waals surface area contributed by atoms with Crippen molar-refractivity contribution in [2.45, 2.75) is 50.8 Å². The first-order valence-electron chi connectivity index (χ1n) is 10.7. The summed E-state index contributed by atoms with van der Waals surface area (Å²) in [4.78, 5) is 12.2. The molecule has 8 nitrogen and oxygen atoms in total. The zero-order chi connectivity index (χ0) is 23.0. The molecule has 0 radical (unpaired) electrons. The molecule has 32 heavy (non-hydrogen) atoms. The summed E-state index contributed by atoms with van der Waals surface area (Å²) in [6.45, 7) is 5.83. The van der Waals surface area contributed by atoms with Gasteiger partial charge in [-0.1, -0.05) is 24.3 Å². The molecule has 1 heterocycles. The topological polar surface area (TPSA) is 103 Å². The third kappa shape index (κ3) is 7.22. The molecule has 0 aliphatic carbocycles. The van der Waals surface area contributed by atoms with Gasteiger partial charge in [-0.25, -0.2) is 13.1 Å². The van der Waals surface area contributed by atoms with E-state index in [2.05, 4.69) is 10.0 Å². The molecule has 0 saturated carbocycles. The number of amides is 1. The molecule has 1 aliphatic rings. The van der Waals surface area contributed by atoms with Crippen LogP contribution in [0.4, 0.5) is 0 Å². The van der Waals surface area contributed by atoms with Gasteiger partial charge in [0, 0.05) is 32.0 Å². The molecule has 2 aromatic rings. The lowest BCUT2D eigenvalue weighted by Gasteiger charge is -2.11. The van der Waals surface area contributed by atoms with Crippen LogP contribution in [0.3, 0.4) is 0 Å². The molecule has 1 amide bonds. The van der Waals surface area contributed by atoms with Crippen LogP contribution in [0, 0.1) is 0 Å². The molecule has 1 aliphatic heterocycles. The number of benzene rings is 2. The second kappa shape index (κ2) is 11.3. The van der Waals surface area contributed by atoms with Gasteiger partial charge in [-0.15, -0.1) is 0 Å². The lowest BCUT2D eigenvalue weighted by Crippen LogP contribution is -2.30. The van der Waals surface area contributed by atoms with E-state index >= 15 is 0 Å². The summed E-state index contributed by atoms with van der Waals surface area (Å²) in [6, 6.07) is 12.3. The van der Waals surface area contributed by atoms with E-state index < -0.39 is 10.0 Å². The van der Waals surface area contributed by atoms with Crippen molar-refractivity contribution in [3.63, 3.8) is 0 Å². The highest BCUT2D eigenvalue weighted by Crippen LogP contribution is 2.31. The molecule has 0 spiro atoms. The summed E-state index contributed by atoms with van der Waals surface area (Å²) >= 11 is 0. The van der Waals surface area contributed by atoms with E-state index in [0.717, 1.165) is 17.5 Å². The molecule has 2 N–H and O–H groups in total. The molecular formula is C23H30N2O6S. The number of hydrogen-bond acceptors (Lipinski definition) is 6. The van der Waals surface area contributed by atoms with E-state index in [4.69, 9.17) is 14.2 Å². The zero-order valence-electron chi connectivity index (χ0n) is 18.4. The van der Waals surface area contributed by atoms with Crippen LogP contribution in [0.15, 0.2) is 47.4 Å². The summed E-state index contributed by atoms with van der Waals surface area (Å²) in [5.41, 5.74) is 1.99. The van der Waals surface area contributed by atoms with Crippen molar-refractivity contribution >= 4 is 15.9 Å². The number of ether oxygens (including phenoxy) is 3. The van der Waals surface area contributed by atoms with Crippen molar-refractivity contribution in [1.82, 2.24) is 10.0 Å². The second-order valence-corrected chi connectivity index (χ2v) is 9.53. The Labute approximate surface area is 189 Å². The number of sulfonamides is 1. The van der Waals surface area contributed by atoms with Crippen molar-refractivity contribution in [2.75, 3.05) is 19.8 Å². The number of carbonyl (C=O) groups excluding carboxylic acids is 1. The monoisotopic (exact) mass is 462 g/mol. The van der Waals surface area contributed by atoms with Gasteiger partial charge in [0.05, 0.1) is 30.8 Å². The number of fused-ring (bicyclic) bond motifs is 1. The Morgan fingerprint density at radius 1 is 1.06 bits per heavy atom. The average Bonchev–Trinajstić information content (AvgIpc) is 3.01. The molecule has 0 fully saturated rings. The van der Waals surface area contributed by atoms with Gasteiger partial charge < -0.3 is 19.5 Å². The highest BCUT2D eigenvalue weighted by molar-refractivity contribution is 7.89. The Morgan fingerprint density at radius 2 is 1.81 bits per heavy atom. The minimum atomic E-state index is -3.77. The van der Waals surface area contributed by atoms with Gasteiger partial charge >= 0.3 is 0 Å². The third-order valence-electron chi connectivity index (χ3n) is 4.74. The molecule has 0 bridgehead atoms. The van der Waals surface area contributed by atoms with Crippen LogP contribution >= 0.6 is 0 Å². The van der Waals surface area contributed by atoms with E-state index in [9.17, 15) is 13.2 Å². The first-order valence-corrected chi connectivity index (χ1v) is 12.2. The average molecular weight is 463 g/mol. The Kier molecular flexibility index (Phi) is 8.49. The van der Waals surface area contributed by atoms with Gasteiger partial charge in [-0.3, -0.25) is 4.79 Å². The van der Waals surface area contributed by atoms with Gasteiger partial charge in [-0.05, 0) is 37.1 Å². The van der Waals surface area contributed by atoms with Crippen LogP contribution in [0.2, 0.25) is 0 Å². The summed E-state index contributed by atoms with van der Waals surface area (Å²) in [5, 5.41) is 2.81. The zero-order valence-corrected chi connectivity index (χ0v) is 19.2. The van der Waals surface area contributed by atoms with Crippen LogP contribution < -0.4 is 19.5 Å². The lowest BCUT2D eigenvalue weighted by atomic mass is 10.1. The molecule has 3 rings (SSSR count). The van der Waals surface area contributed by atoms with Gasteiger partial charge in [0.2, 0.25) is 15.9 Å². The predicted octanol–water partition coefficient (Wildman–Crippen LogP) is 2.76. The number of carbonyl (C=O) groups is 1. The predicted molar refractivity (Wildman–Crippen MR) is 120 cm³/mol. The summed E-state index contributed by atoms with van der Waals surface area (Å²) in [5.74, 6) is 0.694. The van der Waals surface area contributed by atoms with Crippen molar-refractivity contribution in [3.8, 4) is 11.5 Å². The first-order chi connectivity index (χ1) is 15.3. The fourth-order valence-electron chi connectivity index (χ4n) is 3.07. The number of rotatable bonds is 10. The smallest absolute Gasteiger partial charge is 0.240 e. The Morgan fingerprint density at radius 3 is 2.59 bits per heavy atom. The Balaban J connectivity index is 1.46. The summed E-state index contributed by atoms with van der Waals surface area (Å²) in [6.07, 6.45) is 0.911. The molecule has 174 valence electrons. The SMILES string of the molecule is CC(C)OCc1cccc(CNC(=O)CCNS(=O)(=O)c2ccc3c(c2)OCCCO3)c1. The van der Waals surface area contributed by atoms with Gasteiger partial charge in [0.15, 0.2) is 11.5 Å². The van der Waals surface area contributed by atoms with Crippen LogP contribution in [0.1, 0.15) is 37.8 Å². The number of nitrogens with one attached hydrogen (secondary N) is 2. The van der Waals surface area contributed by atoms with Gasteiger partial charge in [0.1, 0.15) is 0 Å². The largest absolute Gasteiger partial charge is 0.490 e. The highest BCUT2D eigenvalue weighted by atomic mass is 32.2. The summed E-state index contributed by atoms with van der Waals surface area (Å²) < 4.78 is 44.3. The fourth-order valence-corrected chi connectivity index (χ4v) is 4.12. The maximum absolute atomic E-state index is 12.6. The van der Waals surface area contributed by atoms with E-state index in [-0.39, 0.29) is 29.9 Å². The quantitative estimate of drug-likeness (QED) is 0.563. The van der Waals surface area contributed by atoms with Crippen LogP contribution in [-0.4, -0.2) is 40.2 Å². The van der Waals surface area contributed by atoms with Gasteiger partial charge in [0.25, 0.3) is 0 Å². The van der Waals surface area contributed by atoms with Crippen LogP contribution in [-0.2, 0) is 32.7 Å². The van der Waals surface area contributed by atoms with E-state index in [1.807, 2.05) is 38.1 Å². The Hall–Kier alpha value is -2.62. The minimum absolute atomic E-state index is 0.00905. The number of hydrogen-bond donors (Lipinski definition) is 2. The van der Waals surface area contributed by atoms with Crippen LogP contribution in [0.5, 0.6) is 11.5 Å². The Bertz CT molecular complexity index is 1020. The van der Waals surface area contributed by atoms with Crippen LogP contribution in [0.25, 0.3) is 0 Å². The molecular weight excluding hydrogens is 432 g/mol. The molecule has 0 unspecified atom stereocenters. The fraction of sp³-hybridized carbons (Fsp3) is 0.435. The maximum Gasteiger partial charge on any atom is 0.240 e. The summed E-state index contributed by atoms with van der Waals surface area (Å²) in [7, 11) is -3.77. The normalized spacial score (nSPS) is 13.6. The molecule has 2 aromatic carbocycles. The second-order valence-electron chi connectivity index (χ2n) is 7.76. The molecule has 0 aromatic heterocycles. The third-order valence-corrected chi connectivity index (χ3v) is 6.20. The van der Waals surface area contributed by atoms with Gasteiger partial charge in [-0.2, -0.15) is 0 Å². The van der Waals surface area contributed by atoms with E-state index in [1.54, 1.807) is 6.07 Å². The van der Waals surface area contributed by atoms with Crippen molar-refractivity contribution in [3.05, 3.63) is 53.6 Å². The van der Waals surface area contributed by atoms with E-state index in [1.165, 1.54) is 12.1 Å². The minimum Gasteiger partial charge on any atom is -0.490 e. The van der Waals surface area contributed by atoms with Crippen molar-refractivity contribution in [1.29, 1.82) is 0 Å². The molecule has 0 saturated heterocycles. The first kappa shape index (κ1) is 24.0. The lowest BCUT2D eigenvalue weighted by molar-refractivity contribution is -0.121. The van der Waals surface area contributed by atoms with E-state index in [0.29, 0.717) is 37.9 Å². The maximum atomic E-state index is 12.6. The molecule has 9 heteroatoms. The van der Waals surface area contributed by atoms with Crippen molar-refractivity contribution in [2.24, 2.45) is 0 Å². The van der Waals surface area contributed by atoms with Crippen molar-refractivity contribution < 1.29 is 27.4 Å². The highest BCUT2D eigenvalue weighted by Gasteiger charge is 2.19.